The van der Waals surface area contributed by atoms with E-state index < -0.39 is 0 Å². The van der Waals surface area contributed by atoms with Crippen LogP contribution in [0.4, 0.5) is 0 Å². The predicted octanol–water partition coefficient (Wildman–Crippen LogP) is 4.44. The van der Waals surface area contributed by atoms with Gasteiger partial charge in [0.25, 0.3) is 0 Å². The van der Waals surface area contributed by atoms with Gasteiger partial charge in [0, 0.05) is 10.6 Å². The minimum atomic E-state index is -0.177. The van der Waals surface area contributed by atoms with Crippen LogP contribution in [0.2, 0.25) is 0 Å². The topological polar surface area (TPSA) is 65.0 Å². The van der Waals surface area contributed by atoms with Crippen molar-refractivity contribution in [2.24, 2.45) is 0 Å². The van der Waals surface area contributed by atoms with Crippen molar-refractivity contribution in [3.05, 3.63) is 65.2 Å². The summed E-state index contributed by atoms with van der Waals surface area (Å²) in [7, 11) is 2.88. The number of carbonyl (C=O) groups excluding carboxylic acids is 1. The van der Waals surface area contributed by atoms with Gasteiger partial charge in [-0.3, -0.25) is 4.79 Å². The number of allylic oxidation sites excluding steroid dienone is 1. The van der Waals surface area contributed by atoms with Crippen molar-refractivity contribution in [3.8, 4) is 23.0 Å². The molecule has 0 bridgehead atoms. The van der Waals surface area contributed by atoms with E-state index in [2.05, 4.69) is 6.58 Å². The first-order chi connectivity index (χ1) is 12.4. The molecule has 0 saturated heterocycles. The summed E-state index contributed by atoms with van der Waals surface area (Å²) in [5.74, 6) is 0.857. The van der Waals surface area contributed by atoms with Crippen LogP contribution in [-0.4, -0.2) is 31.7 Å². The van der Waals surface area contributed by atoms with Crippen LogP contribution in [0.5, 0.6) is 23.0 Å². The van der Waals surface area contributed by atoms with Gasteiger partial charge in [-0.1, -0.05) is 24.3 Å². The Morgan fingerprint density at radius 1 is 1.15 bits per heavy atom. The highest BCUT2D eigenvalue weighted by Crippen LogP contribution is 2.37. The van der Waals surface area contributed by atoms with E-state index in [1.807, 2.05) is 0 Å². The minimum absolute atomic E-state index is 0.0892. The van der Waals surface area contributed by atoms with E-state index in [4.69, 9.17) is 25.8 Å². The highest BCUT2D eigenvalue weighted by atomic mass is 35.5. The maximum Gasteiger partial charge on any atom is 0.200 e. The molecule has 0 aromatic heterocycles. The van der Waals surface area contributed by atoms with Gasteiger partial charge in [0.2, 0.25) is 5.75 Å². The maximum atomic E-state index is 12.3. The number of halogens is 1. The zero-order valence-electron chi connectivity index (χ0n) is 14.5. The molecule has 0 aliphatic heterocycles. The van der Waals surface area contributed by atoms with Crippen molar-refractivity contribution < 1.29 is 24.1 Å². The third-order valence-electron chi connectivity index (χ3n) is 3.46. The Morgan fingerprint density at radius 3 is 2.23 bits per heavy atom. The van der Waals surface area contributed by atoms with Crippen molar-refractivity contribution in [1.82, 2.24) is 0 Å². The zero-order chi connectivity index (χ0) is 19.1. The molecule has 1 N–H and O–H groups in total. The van der Waals surface area contributed by atoms with E-state index in [0.29, 0.717) is 21.9 Å². The van der Waals surface area contributed by atoms with E-state index in [9.17, 15) is 9.90 Å². The number of aromatic hydroxyl groups is 1. The lowest BCUT2D eigenvalue weighted by molar-refractivity contribution is 0.104. The second-order valence-electron chi connectivity index (χ2n) is 5.30. The average molecular weight is 375 g/mol. The van der Waals surface area contributed by atoms with Crippen LogP contribution in [0, 0.1) is 0 Å². The number of hydrogen-bond acceptors (Lipinski definition) is 5. The van der Waals surface area contributed by atoms with Crippen LogP contribution in [-0.2, 0) is 0 Å². The fourth-order valence-electron chi connectivity index (χ4n) is 2.16. The van der Waals surface area contributed by atoms with E-state index in [0.717, 1.165) is 0 Å². The summed E-state index contributed by atoms with van der Waals surface area (Å²) >= 11 is 5.65. The number of hydrogen-bond donors (Lipinski definition) is 1. The molecule has 0 aliphatic rings. The van der Waals surface area contributed by atoms with Crippen LogP contribution in [0.1, 0.15) is 15.9 Å². The minimum Gasteiger partial charge on any atom is -0.502 e. The molecule has 0 fully saturated rings. The van der Waals surface area contributed by atoms with Crippen molar-refractivity contribution in [3.63, 3.8) is 0 Å². The van der Waals surface area contributed by atoms with Crippen LogP contribution in [0.3, 0.4) is 0 Å². The molecule has 0 unspecified atom stereocenters. The third-order valence-corrected chi connectivity index (χ3v) is 3.57. The Morgan fingerprint density at radius 2 is 1.73 bits per heavy atom. The molecular formula is C20H19ClO5. The molecule has 0 saturated carbocycles. The van der Waals surface area contributed by atoms with E-state index in [1.54, 1.807) is 42.5 Å². The Labute approximate surface area is 157 Å². The number of ether oxygens (including phenoxy) is 3. The largest absolute Gasteiger partial charge is 0.502 e. The van der Waals surface area contributed by atoms with Gasteiger partial charge in [-0.2, -0.15) is 0 Å². The molecule has 0 heterocycles. The summed E-state index contributed by atoms with van der Waals surface area (Å²) in [4.78, 5) is 12.3. The number of carbonyl (C=O) groups is 1. The van der Waals surface area contributed by atoms with Gasteiger partial charge in [0.05, 0.1) is 14.2 Å². The van der Waals surface area contributed by atoms with Crippen molar-refractivity contribution in [1.29, 1.82) is 0 Å². The van der Waals surface area contributed by atoms with Gasteiger partial charge in [0.15, 0.2) is 17.3 Å². The first-order valence-electron chi connectivity index (χ1n) is 7.68. The molecular weight excluding hydrogens is 356 g/mol. The molecule has 2 rings (SSSR count). The van der Waals surface area contributed by atoms with Crippen LogP contribution >= 0.6 is 11.6 Å². The molecule has 5 nitrogen and oxygen atoms in total. The smallest absolute Gasteiger partial charge is 0.200 e. The van der Waals surface area contributed by atoms with E-state index in [-0.39, 0.29) is 29.6 Å². The van der Waals surface area contributed by atoms with Crippen molar-refractivity contribution in [2.45, 2.75) is 0 Å². The Bertz CT molecular complexity index is 800. The lowest BCUT2D eigenvalue weighted by Gasteiger charge is -2.09. The Balaban J connectivity index is 2.13. The lowest BCUT2D eigenvalue weighted by atomic mass is 10.1. The SMILES string of the molecule is C=C(Cl)COc1ccc(C(=O)/C=C/c2cc(OC)c(O)c(OC)c2)cc1. The standard InChI is InChI=1S/C20H19ClO5/c1-13(21)12-26-16-7-5-15(6-8-16)17(22)9-4-14-10-18(24-2)20(23)19(11-14)25-3/h4-11,23H,1,12H2,2-3H3/b9-4+. The summed E-state index contributed by atoms with van der Waals surface area (Å²) in [5.41, 5.74) is 1.17. The van der Waals surface area contributed by atoms with Gasteiger partial charge >= 0.3 is 0 Å². The molecule has 0 aliphatic carbocycles. The highest BCUT2D eigenvalue weighted by molar-refractivity contribution is 6.29. The van der Waals surface area contributed by atoms with E-state index >= 15 is 0 Å². The van der Waals surface area contributed by atoms with Crippen LogP contribution in [0.15, 0.2) is 54.1 Å². The lowest BCUT2D eigenvalue weighted by Crippen LogP contribution is -1.98. The summed E-state index contributed by atoms with van der Waals surface area (Å²) in [6, 6.07) is 9.92. The van der Waals surface area contributed by atoms with Crippen LogP contribution in [0.25, 0.3) is 6.08 Å². The molecule has 0 spiro atoms. The molecule has 26 heavy (non-hydrogen) atoms. The Kier molecular flexibility index (Phi) is 6.69. The second kappa shape index (κ2) is 8.97. The molecule has 2 aromatic rings. The normalized spacial score (nSPS) is 10.6. The number of rotatable bonds is 8. The number of benzene rings is 2. The average Bonchev–Trinajstić information content (AvgIpc) is 2.65. The molecule has 0 radical (unpaired) electrons. The van der Waals surface area contributed by atoms with Gasteiger partial charge < -0.3 is 19.3 Å². The number of phenols is 1. The van der Waals surface area contributed by atoms with Gasteiger partial charge in [-0.05, 0) is 48.0 Å². The predicted molar refractivity (Wildman–Crippen MR) is 102 cm³/mol. The van der Waals surface area contributed by atoms with Gasteiger partial charge in [0.1, 0.15) is 12.4 Å². The highest BCUT2D eigenvalue weighted by Gasteiger charge is 2.10. The summed E-state index contributed by atoms with van der Waals surface area (Å²) in [6.07, 6.45) is 3.05. The van der Waals surface area contributed by atoms with Crippen molar-refractivity contribution in [2.75, 3.05) is 20.8 Å². The fourth-order valence-corrected chi connectivity index (χ4v) is 2.21. The maximum absolute atomic E-state index is 12.3. The van der Waals surface area contributed by atoms with Crippen LogP contribution < -0.4 is 14.2 Å². The molecule has 136 valence electrons. The third kappa shape index (κ3) is 5.04. The molecule has 0 atom stereocenters. The molecule has 0 amide bonds. The molecule has 6 heteroatoms. The number of ketones is 1. The van der Waals surface area contributed by atoms with Gasteiger partial charge in [-0.15, -0.1) is 0 Å². The molecule has 2 aromatic carbocycles. The monoisotopic (exact) mass is 374 g/mol. The fraction of sp³-hybridized carbons (Fsp3) is 0.150. The second-order valence-corrected chi connectivity index (χ2v) is 5.84. The quantitative estimate of drug-likeness (QED) is 0.546. The summed E-state index contributed by atoms with van der Waals surface area (Å²) in [5, 5.41) is 10.3. The van der Waals surface area contributed by atoms with E-state index in [1.165, 1.54) is 20.3 Å². The first kappa shape index (κ1) is 19.4. The first-order valence-corrected chi connectivity index (χ1v) is 8.06. The van der Waals surface area contributed by atoms with Gasteiger partial charge in [-0.25, -0.2) is 0 Å². The zero-order valence-corrected chi connectivity index (χ0v) is 15.2. The number of phenolic OH excluding ortho intramolecular Hbond substituents is 1. The van der Waals surface area contributed by atoms with Crippen molar-refractivity contribution >= 4 is 23.5 Å². The summed E-state index contributed by atoms with van der Waals surface area (Å²) < 4.78 is 15.6. The Hall–Kier alpha value is -2.92. The number of methoxy groups -OCH3 is 2. The summed E-state index contributed by atoms with van der Waals surface area (Å²) in [6.45, 7) is 3.75.